The van der Waals surface area contributed by atoms with Gasteiger partial charge in [0.2, 0.25) is 0 Å². The zero-order valence-electron chi connectivity index (χ0n) is 8.53. The Kier molecular flexibility index (Phi) is 4.02. The molecule has 1 aromatic carbocycles. The highest BCUT2D eigenvalue weighted by Gasteiger charge is 2.08. The van der Waals surface area contributed by atoms with Crippen LogP contribution in [0, 0.1) is 10.1 Å². The molecule has 0 aliphatic carbocycles. The summed E-state index contributed by atoms with van der Waals surface area (Å²) < 4.78 is 25.4. The Morgan fingerprint density at radius 3 is 2.35 bits per heavy atom. The number of nitrogens with zero attached hydrogens (tertiary/aromatic N) is 2. The van der Waals surface area contributed by atoms with E-state index < -0.39 is 15.0 Å². The van der Waals surface area contributed by atoms with Crippen molar-refractivity contribution in [3.63, 3.8) is 0 Å². The molecule has 1 aromatic rings. The van der Waals surface area contributed by atoms with Crippen molar-refractivity contribution in [2.75, 3.05) is 6.26 Å². The van der Waals surface area contributed by atoms with Gasteiger partial charge in [-0.1, -0.05) is 16.8 Å². The second-order valence-corrected chi connectivity index (χ2v) is 4.88. The first-order chi connectivity index (χ1) is 7.79. The van der Waals surface area contributed by atoms with E-state index in [0.717, 1.165) is 6.26 Å². The number of halogens is 1. The standard InChI is InChI=1S/C8H7ClN2O5S/c1-17(14,15)16-10-8(9)6-2-4-7(5-3-6)11(12)13/h2-5H,1H3/b10-8+. The van der Waals surface area contributed by atoms with Crippen LogP contribution in [0.2, 0.25) is 0 Å². The van der Waals surface area contributed by atoms with Gasteiger partial charge >= 0.3 is 10.1 Å². The van der Waals surface area contributed by atoms with E-state index in [1.54, 1.807) is 0 Å². The molecular formula is C8H7ClN2O5S. The van der Waals surface area contributed by atoms with Crippen LogP contribution >= 0.6 is 11.6 Å². The van der Waals surface area contributed by atoms with Crippen LogP contribution in [0.15, 0.2) is 29.4 Å². The summed E-state index contributed by atoms with van der Waals surface area (Å²) in [7, 11) is -3.73. The molecule has 1 rings (SSSR count). The maximum absolute atomic E-state index is 10.6. The minimum absolute atomic E-state index is 0.109. The van der Waals surface area contributed by atoms with Crippen molar-refractivity contribution in [2.45, 2.75) is 0 Å². The van der Waals surface area contributed by atoms with Crippen molar-refractivity contribution in [2.24, 2.45) is 5.16 Å². The summed E-state index contributed by atoms with van der Waals surface area (Å²) in [6.45, 7) is 0. The first-order valence-corrected chi connectivity index (χ1v) is 6.36. The van der Waals surface area contributed by atoms with Gasteiger partial charge in [-0.3, -0.25) is 14.4 Å². The Labute approximate surface area is 102 Å². The summed E-state index contributed by atoms with van der Waals surface area (Å²) in [6.07, 6.45) is 0.816. The van der Waals surface area contributed by atoms with Gasteiger partial charge in [-0.25, -0.2) is 0 Å². The number of nitro benzene ring substituents is 1. The number of rotatable bonds is 4. The van der Waals surface area contributed by atoms with Crippen molar-refractivity contribution >= 4 is 32.6 Å². The Hall–Kier alpha value is -1.67. The highest BCUT2D eigenvalue weighted by Crippen LogP contribution is 2.14. The van der Waals surface area contributed by atoms with E-state index in [2.05, 4.69) is 9.44 Å². The molecule has 7 nitrogen and oxygen atoms in total. The lowest BCUT2D eigenvalue weighted by Crippen LogP contribution is -2.00. The van der Waals surface area contributed by atoms with Gasteiger partial charge in [-0.05, 0) is 12.1 Å². The summed E-state index contributed by atoms with van der Waals surface area (Å²) in [5, 5.41) is 13.3. The summed E-state index contributed by atoms with van der Waals surface area (Å²) in [5.41, 5.74) is 0.197. The Morgan fingerprint density at radius 1 is 1.41 bits per heavy atom. The molecule has 0 fully saturated rings. The zero-order valence-corrected chi connectivity index (χ0v) is 10.1. The summed E-state index contributed by atoms with van der Waals surface area (Å²) in [5.74, 6) is 0. The molecule has 0 saturated heterocycles. The molecule has 17 heavy (non-hydrogen) atoms. The van der Waals surface area contributed by atoms with Crippen molar-refractivity contribution in [3.05, 3.63) is 39.9 Å². The number of non-ortho nitro benzene ring substituents is 1. The minimum atomic E-state index is -3.73. The topological polar surface area (TPSA) is 98.9 Å². The van der Waals surface area contributed by atoms with Gasteiger partial charge < -0.3 is 0 Å². The Morgan fingerprint density at radius 2 is 1.94 bits per heavy atom. The van der Waals surface area contributed by atoms with Crippen LogP contribution in [-0.2, 0) is 14.4 Å². The highest BCUT2D eigenvalue weighted by molar-refractivity contribution is 7.85. The van der Waals surface area contributed by atoms with E-state index in [9.17, 15) is 18.5 Å². The lowest BCUT2D eigenvalue weighted by molar-refractivity contribution is -0.384. The maximum atomic E-state index is 10.6. The third-order valence-corrected chi connectivity index (χ3v) is 2.20. The average molecular weight is 279 g/mol. The van der Waals surface area contributed by atoms with Crippen molar-refractivity contribution < 1.29 is 17.6 Å². The van der Waals surface area contributed by atoms with E-state index in [1.165, 1.54) is 24.3 Å². The fraction of sp³-hybridized carbons (Fsp3) is 0.125. The van der Waals surface area contributed by atoms with E-state index in [-0.39, 0.29) is 10.9 Å². The summed E-state index contributed by atoms with van der Waals surface area (Å²) >= 11 is 5.63. The Balaban J connectivity index is 2.90. The number of oxime groups is 1. The highest BCUT2D eigenvalue weighted by atomic mass is 35.5. The molecule has 92 valence electrons. The lowest BCUT2D eigenvalue weighted by Gasteiger charge is -1.98. The van der Waals surface area contributed by atoms with Crippen LogP contribution in [-0.4, -0.2) is 24.8 Å². The van der Waals surface area contributed by atoms with Gasteiger partial charge in [0.25, 0.3) is 5.69 Å². The molecule has 9 heteroatoms. The van der Waals surface area contributed by atoms with Gasteiger partial charge in [0.05, 0.1) is 11.2 Å². The largest absolute Gasteiger partial charge is 0.325 e. The Bertz CT molecular complexity index is 552. The molecule has 0 atom stereocenters. The SMILES string of the molecule is CS(=O)(=O)O/N=C(/Cl)c1ccc([N+](=O)[O-])cc1. The molecule has 0 radical (unpaired) electrons. The van der Waals surface area contributed by atoms with E-state index in [1.807, 2.05) is 0 Å². The monoisotopic (exact) mass is 278 g/mol. The predicted octanol–water partition coefficient (Wildman–Crippen LogP) is 1.47. The minimum Gasteiger partial charge on any atom is -0.267 e. The predicted molar refractivity (Wildman–Crippen MR) is 61.4 cm³/mol. The molecule has 0 unspecified atom stereocenters. The van der Waals surface area contributed by atoms with Crippen LogP contribution in [0.5, 0.6) is 0 Å². The van der Waals surface area contributed by atoms with Crippen molar-refractivity contribution in [3.8, 4) is 0 Å². The quantitative estimate of drug-likeness (QED) is 0.472. The fourth-order valence-electron chi connectivity index (χ4n) is 0.874. The molecule has 0 heterocycles. The van der Waals surface area contributed by atoms with E-state index in [4.69, 9.17) is 11.6 Å². The normalized spacial score (nSPS) is 12.2. The number of nitro groups is 1. The number of hydrogen-bond donors (Lipinski definition) is 0. The molecule has 0 bridgehead atoms. The molecule has 0 N–H and O–H groups in total. The smallest absolute Gasteiger partial charge is 0.267 e. The lowest BCUT2D eigenvalue weighted by atomic mass is 10.2. The van der Waals surface area contributed by atoms with E-state index in [0.29, 0.717) is 5.56 Å². The molecule has 0 saturated carbocycles. The second kappa shape index (κ2) is 5.11. The van der Waals surface area contributed by atoms with Gasteiger partial charge in [-0.15, -0.1) is 0 Å². The van der Waals surface area contributed by atoms with Crippen LogP contribution in [0.4, 0.5) is 5.69 Å². The number of hydrogen-bond acceptors (Lipinski definition) is 6. The first kappa shape index (κ1) is 13.4. The zero-order chi connectivity index (χ0) is 13.1. The molecule has 0 aliphatic rings. The molecule has 0 aliphatic heterocycles. The summed E-state index contributed by atoms with van der Waals surface area (Å²) in [6, 6.07) is 5.09. The summed E-state index contributed by atoms with van der Waals surface area (Å²) in [4.78, 5) is 9.81. The van der Waals surface area contributed by atoms with Crippen molar-refractivity contribution in [1.29, 1.82) is 0 Å². The molecule has 0 spiro atoms. The van der Waals surface area contributed by atoms with Crippen LogP contribution < -0.4 is 0 Å². The fourth-order valence-corrected chi connectivity index (χ4v) is 1.29. The van der Waals surface area contributed by atoms with Gasteiger partial charge in [0.15, 0.2) is 5.17 Å². The maximum Gasteiger partial charge on any atom is 0.325 e. The third-order valence-electron chi connectivity index (χ3n) is 1.57. The van der Waals surface area contributed by atoms with Gasteiger partial charge in [0, 0.05) is 17.7 Å². The average Bonchev–Trinajstić information content (AvgIpc) is 2.25. The van der Waals surface area contributed by atoms with E-state index >= 15 is 0 Å². The third kappa shape index (κ3) is 4.37. The van der Waals surface area contributed by atoms with Crippen molar-refractivity contribution in [1.82, 2.24) is 0 Å². The van der Waals surface area contributed by atoms with Crippen LogP contribution in [0.3, 0.4) is 0 Å². The molecule has 0 amide bonds. The molecular weight excluding hydrogens is 272 g/mol. The first-order valence-electron chi connectivity index (χ1n) is 4.16. The van der Waals surface area contributed by atoms with Crippen LogP contribution in [0.25, 0.3) is 0 Å². The second-order valence-electron chi connectivity index (χ2n) is 2.96. The van der Waals surface area contributed by atoms with Crippen LogP contribution in [0.1, 0.15) is 5.56 Å². The number of benzene rings is 1. The van der Waals surface area contributed by atoms with Gasteiger partial charge in [-0.2, -0.15) is 8.42 Å². The molecule has 0 aromatic heterocycles. The van der Waals surface area contributed by atoms with Gasteiger partial charge in [0.1, 0.15) is 0 Å².